The zero-order valence-corrected chi connectivity index (χ0v) is 15.1. The van der Waals surface area contributed by atoms with Crippen LogP contribution in [0.4, 0.5) is 0 Å². The van der Waals surface area contributed by atoms with E-state index in [0.29, 0.717) is 6.04 Å². The average molecular weight is 335 g/mol. The Labute approximate surface area is 150 Å². The smallest absolute Gasteiger partial charge is 0.0457 e. The number of benzene rings is 1. The Bertz CT molecular complexity index is 782. The quantitative estimate of drug-likeness (QED) is 0.881. The minimum atomic E-state index is 0.693. The molecule has 0 bridgehead atoms. The van der Waals surface area contributed by atoms with E-state index in [9.17, 15) is 0 Å². The van der Waals surface area contributed by atoms with Crippen LogP contribution in [0, 0.1) is 0 Å². The molecule has 2 aromatic rings. The van der Waals surface area contributed by atoms with Gasteiger partial charge in [-0.2, -0.15) is 0 Å². The molecule has 4 heterocycles. The summed E-state index contributed by atoms with van der Waals surface area (Å²) in [6, 6.07) is 8.46. The number of H-pyrrole nitrogens is 1. The molecule has 0 radical (unpaired) electrons. The van der Waals surface area contributed by atoms with Crippen LogP contribution >= 0.6 is 0 Å². The van der Waals surface area contributed by atoms with Crippen LogP contribution in [-0.2, 0) is 6.42 Å². The van der Waals surface area contributed by atoms with Gasteiger partial charge in [-0.1, -0.05) is 12.1 Å². The lowest BCUT2D eigenvalue weighted by molar-refractivity contribution is 0.288. The molecule has 1 aromatic heterocycles. The van der Waals surface area contributed by atoms with E-state index in [4.69, 9.17) is 0 Å². The topological polar surface area (TPSA) is 31.1 Å². The molecule has 0 saturated carbocycles. The molecule has 2 saturated heterocycles. The summed E-state index contributed by atoms with van der Waals surface area (Å²) in [4.78, 5) is 6.13. The van der Waals surface area contributed by atoms with Crippen LogP contribution in [0.2, 0.25) is 0 Å². The fourth-order valence-electron chi connectivity index (χ4n) is 5.06. The van der Waals surface area contributed by atoms with Gasteiger partial charge in [-0.15, -0.1) is 0 Å². The van der Waals surface area contributed by atoms with Crippen molar-refractivity contribution in [2.45, 2.75) is 57.0 Å². The molecule has 25 heavy (non-hydrogen) atoms. The Kier molecular flexibility index (Phi) is 4.15. The number of aryl methyl sites for hydroxylation is 1. The van der Waals surface area contributed by atoms with Crippen LogP contribution in [0.5, 0.6) is 0 Å². The molecule has 2 atom stereocenters. The largest absolute Gasteiger partial charge is 0.361 e. The first-order chi connectivity index (χ1) is 12.4. The highest BCUT2D eigenvalue weighted by Gasteiger charge is 2.26. The maximum atomic E-state index is 3.63. The van der Waals surface area contributed by atoms with Gasteiger partial charge < -0.3 is 10.3 Å². The monoisotopic (exact) mass is 335 g/mol. The Hall–Kier alpha value is -1.58. The van der Waals surface area contributed by atoms with Crippen LogP contribution in [0.1, 0.15) is 49.7 Å². The van der Waals surface area contributed by atoms with E-state index in [2.05, 4.69) is 45.7 Å². The third kappa shape index (κ3) is 3.04. The van der Waals surface area contributed by atoms with Crippen molar-refractivity contribution in [2.75, 3.05) is 19.6 Å². The van der Waals surface area contributed by atoms with E-state index in [1.54, 1.807) is 5.57 Å². The van der Waals surface area contributed by atoms with Crippen molar-refractivity contribution in [3.8, 4) is 0 Å². The first kappa shape index (κ1) is 15.7. The van der Waals surface area contributed by atoms with Crippen molar-refractivity contribution >= 4 is 16.5 Å². The van der Waals surface area contributed by atoms with E-state index in [0.717, 1.165) is 6.04 Å². The molecular weight excluding hydrogens is 306 g/mol. The summed E-state index contributed by atoms with van der Waals surface area (Å²) in [6.07, 6.45) is 13.8. The number of hydrogen-bond donors (Lipinski definition) is 2. The number of aromatic amines is 1. The summed E-state index contributed by atoms with van der Waals surface area (Å²) in [6.45, 7) is 3.74. The maximum absolute atomic E-state index is 3.63. The molecule has 0 amide bonds. The molecule has 0 unspecified atom stereocenters. The third-order valence-corrected chi connectivity index (χ3v) is 6.54. The summed E-state index contributed by atoms with van der Waals surface area (Å²) < 4.78 is 0. The van der Waals surface area contributed by atoms with Crippen LogP contribution < -0.4 is 5.32 Å². The van der Waals surface area contributed by atoms with Crippen molar-refractivity contribution in [1.82, 2.24) is 15.2 Å². The van der Waals surface area contributed by atoms with E-state index in [1.807, 2.05) is 0 Å². The standard InChI is InChI=1S/C22H29N3/c1-3-19(23-10-1)7-5-18-15-24-22-8-6-16(14-21(18)22)17-9-12-25-11-2-4-20(25)13-17/h6,8,13-15,19-20,23-24H,1-5,7,9-12H2/t19-,20-/m1/s1. The van der Waals surface area contributed by atoms with Crippen molar-refractivity contribution in [3.63, 3.8) is 0 Å². The van der Waals surface area contributed by atoms with Crippen LogP contribution in [0.3, 0.4) is 0 Å². The third-order valence-electron chi connectivity index (χ3n) is 6.54. The summed E-state index contributed by atoms with van der Waals surface area (Å²) in [5.41, 5.74) is 5.79. The molecule has 2 N–H and O–H groups in total. The van der Waals surface area contributed by atoms with Gasteiger partial charge in [0, 0.05) is 35.7 Å². The second-order valence-corrected chi connectivity index (χ2v) is 8.09. The number of aromatic nitrogens is 1. The second kappa shape index (κ2) is 6.62. The summed E-state index contributed by atoms with van der Waals surface area (Å²) in [5.74, 6) is 0. The molecule has 0 aliphatic carbocycles. The maximum Gasteiger partial charge on any atom is 0.0457 e. The van der Waals surface area contributed by atoms with Crippen molar-refractivity contribution in [1.29, 1.82) is 0 Å². The Morgan fingerprint density at radius 2 is 2.12 bits per heavy atom. The summed E-state index contributed by atoms with van der Waals surface area (Å²) in [5, 5.41) is 5.06. The second-order valence-electron chi connectivity index (χ2n) is 8.09. The fourth-order valence-corrected chi connectivity index (χ4v) is 5.06. The molecule has 132 valence electrons. The van der Waals surface area contributed by atoms with E-state index < -0.39 is 0 Å². The lowest BCUT2D eigenvalue weighted by Crippen LogP contribution is -2.32. The van der Waals surface area contributed by atoms with E-state index in [-0.39, 0.29) is 0 Å². The van der Waals surface area contributed by atoms with Gasteiger partial charge in [-0.3, -0.25) is 4.90 Å². The fraction of sp³-hybridized carbons (Fsp3) is 0.545. The van der Waals surface area contributed by atoms with Crippen molar-refractivity contribution < 1.29 is 0 Å². The molecular formula is C22H29N3. The normalized spacial score (nSPS) is 27.0. The lowest BCUT2D eigenvalue weighted by atomic mass is 9.94. The molecule has 2 fully saturated rings. The van der Waals surface area contributed by atoms with Crippen LogP contribution in [-0.4, -0.2) is 41.6 Å². The number of fused-ring (bicyclic) bond motifs is 2. The summed E-state index contributed by atoms with van der Waals surface area (Å²) in [7, 11) is 0. The number of nitrogens with zero attached hydrogens (tertiary/aromatic N) is 1. The molecule has 5 rings (SSSR count). The predicted molar refractivity (Wildman–Crippen MR) is 105 cm³/mol. The number of rotatable bonds is 4. The Morgan fingerprint density at radius 3 is 3.04 bits per heavy atom. The average Bonchev–Trinajstić information content (AvgIpc) is 3.39. The zero-order valence-electron chi connectivity index (χ0n) is 15.1. The van der Waals surface area contributed by atoms with Gasteiger partial charge in [-0.25, -0.2) is 0 Å². The zero-order chi connectivity index (χ0) is 16.6. The van der Waals surface area contributed by atoms with E-state index >= 15 is 0 Å². The highest BCUT2D eigenvalue weighted by atomic mass is 15.2. The van der Waals surface area contributed by atoms with Crippen molar-refractivity contribution in [3.05, 3.63) is 41.6 Å². The SMILES string of the molecule is C1=C(c2ccc3[nH]cc(CC[C@H]4CCCN4)c3c2)CCN2CCC[C@H]12. The van der Waals surface area contributed by atoms with E-state index in [1.165, 1.54) is 86.6 Å². The number of nitrogens with one attached hydrogen (secondary N) is 2. The van der Waals surface area contributed by atoms with Gasteiger partial charge in [-0.05, 0) is 86.9 Å². The molecule has 1 aromatic carbocycles. The Morgan fingerprint density at radius 1 is 1.12 bits per heavy atom. The van der Waals surface area contributed by atoms with Gasteiger partial charge in [0.1, 0.15) is 0 Å². The molecule has 3 heteroatoms. The van der Waals surface area contributed by atoms with Gasteiger partial charge in [0.2, 0.25) is 0 Å². The van der Waals surface area contributed by atoms with Crippen LogP contribution in [0.25, 0.3) is 16.5 Å². The van der Waals surface area contributed by atoms with Gasteiger partial charge in [0.15, 0.2) is 0 Å². The van der Waals surface area contributed by atoms with Gasteiger partial charge in [0.05, 0.1) is 0 Å². The van der Waals surface area contributed by atoms with Gasteiger partial charge in [0.25, 0.3) is 0 Å². The molecule has 3 nitrogen and oxygen atoms in total. The minimum absolute atomic E-state index is 0.693. The molecule has 3 aliphatic heterocycles. The highest BCUT2D eigenvalue weighted by molar-refractivity contribution is 5.87. The first-order valence-corrected chi connectivity index (χ1v) is 10.2. The lowest BCUT2D eigenvalue weighted by Gasteiger charge is -2.28. The Balaban J connectivity index is 1.39. The highest BCUT2D eigenvalue weighted by Crippen LogP contribution is 2.32. The van der Waals surface area contributed by atoms with Crippen LogP contribution in [0.15, 0.2) is 30.5 Å². The predicted octanol–water partition coefficient (Wildman–Crippen LogP) is 4.10. The van der Waals surface area contributed by atoms with Crippen molar-refractivity contribution in [2.24, 2.45) is 0 Å². The minimum Gasteiger partial charge on any atom is -0.361 e. The number of hydrogen-bond acceptors (Lipinski definition) is 2. The summed E-state index contributed by atoms with van der Waals surface area (Å²) >= 11 is 0. The van der Waals surface area contributed by atoms with Gasteiger partial charge >= 0.3 is 0 Å². The molecule has 0 spiro atoms. The molecule has 3 aliphatic rings. The first-order valence-electron chi connectivity index (χ1n) is 10.2.